The molecule has 21 heavy (non-hydrogen) atoms. The summed E-state index contributed by atoms with van der Waals surface area (Å²) < 4.78 is 5.72. The summed E-state index contributed by atoms with van der Waals surface area (Å²) in [6, 6.07) is 8.80. The summed E-state index contributed by atoms with van der Waals surface area (Å²) in [7, 11) is 0. The Morgan fingerprint density at radius 2 is 2.38 bits per heavy atom. The molecule has 0 radical (unpaired) electrons. The van der Waals surface area contributed by atoms with E-state index in [0.717, 1.165) is 0 Å². The zero-order valence-electron chi connectivity index (χ0n) is 11.3. The maximum Gasteiger partial charge on any atom is 0.260 e. The Kier molecular flexibility index (Phi) is 3.32. The van der Waals surface area contributed by atoms with Gasteiger partial charge in [0.2, 0.25) is 0 Å². The van der Waals surface area contributed by atoms with E-state index in [1.807, 2.05) is 13.0 Å². The largest absolute Gasteiger partial charge is 0.485 e. The minimum atomic E-state index is -0.189. The summed E-state index contributed by atoms with van der Waals surface area (Å²) in [4.78, 5) is 17.0. The topological polar surface area (TPSA) is 69.1 Å². The fraction of sp³-hybridized carbons (Fsp3) is 0.200. The molecule has 0 spiro atoms. The highest BCUT2D eigenvalue weighted by atomic mass is 35.5. The van der Waals surface area contributed by atoms with Crippen LogP contribution in [0.5, 0.6) is 5.75 Å². The van der Waals surface area contributed by atoms with Crippen molar-refractivity contribution in [3.8, 4) is 11.8 Å². The number of carbonyl (C=O) groups is 1. The number of anilines is 1. The van der Waals surface area contributed by atoms with E-state index in [1.165, 1.54) is 12.3 Å². The van der Waals surface area contributed by atoms with Crippen molar-refractivity contribution in [1.82, 2.24) is 4.98 Å². The van der Waals surface area contributed by atoms with E-state index in [0.29, 0.717) is 34.3 Å². The molecular formula is C15H12ClN3O2. The van der Waals surface area contributed by atoms with Gasteiger partial charge in [-0.3, -0.25) is 4.79 Å². The predicted octanol–water partition coefficient (Wildman–Crippen LogP) is 2.97. The van der Waals surface area contributed by atoms with Gasteiger partial charge in [-0.15, -0.1) is 0 Å². The number of para-hydroxylation sites is 1. The van der Waals surface area contributed by atoms with Gasteiger partial charge >= 0.3 is 0 Å². The van der Waals surface area contributed by atoms with Crippen molar-refractivity contribution in [1.29, 1.82) is 5.26 Å². The maximum atomic E-state index is 12.6. The Balaban J connectivity index is 2.01. The van der Waals surface area contributed by atoms with Gasteiger partial charge in [-0.2, -0.15) is 5.26 Å². The van der Waals surface area contributed by atoms with Gasteiger partial charge in [-0.05, 0) is 25.1 Å². The quantitative estimate of drug-likeness (QED) is 0.880. The molecule has 1 aromatic heterocycles. The lowest BCUT2D eigenvalue weighted by molar-refractivity contribution is 0.0961. The number of aromatic nitrogens is 1. The number of H-pyrrole nitrogens is 1. The van der Waals surface area contributed by atoms with Crippen LogP contribution in [0.3, 0.4) is 0 Å². The number of fused-ring (bicyclic) bond motifs is 1. The average Bonchev–Trinajstić information content (AvgIpc) is 2.96. The normalized spacial score (nSPS) is 16.8. The summed E-state index contributed by atoms with van der Waals surface area (Å²) in [6.45, 7) is 2.31. The second-order valence-corrected chi connectivity index (χ2v) is 5.25. The highest BCUT2D eigenvalue weighted by molar-refractivity contribution is 6.32. The summed E-state index contributed by atoms with van der Waals surface area (Å²) in [5.41, 5.74) is 1.43. The summed E-state index contributed by atoms with van der Waals surface area (Å²) >= 11 is 6.14. The zero-order chi connectivity index (χ0) is 15.0. The van der Waals surface area contributed by atoms with Gasteiger partial charge in [0.15, 0.2) is 5.75 Å². The lowest BCUT2D eigenvalue weighted by Gasteiger charge is -2.33. The number of nitrogens with zero attached hydrogens (tertiary/aromatic N) is 2. The van der Waals surface area contributed by atoms with E-state index in [9.17, 15) is 4.79 Å². The number of amides is 1. The molecule has 0 bridgehead atoms. The molecule has 3 rings (SSSR count). The van der Waals surface area contributed by atoms with Crippen molar-refractivity contribution in [2.75, 3.05) is 11.4 Å². The smallest absolute Gasteiger partial charge is 0.260 e. The van der Waals surface area contributed by atoms with Crippen LogP contribution in [0.25, 0.3) is 0 Å². The van der Waals surface area contributed by atoms with Gasteiger partial charge in [0.05, 0.1) is 22.8 Å². The van der Waals surface area contributed by atoms with Crippen LogP contribution in [0.1, 0.15) is 23.0 Å². The number of nitriles is 1. The van der Waals surface area contributed by atoms with Gasteiger partial charge in [0.25, 0.3) is 5.91 Å². The third-order valence-electron chi connectivity index (χ3n) is 3.29. The van der Waals surface area contributed by atoms with E-state index in [2.05, 4.69) is 4.98 Å². The van der Waals surface area contributed by atoms with Crippen molar-refractivity contribution in [3.05, 3.63) is 46.7 Å². The first-order valence-corrected chi connectivity index (χ1v) is 6.83. The average molecular weight is 302 g/mol. The summed E-state index contributed by atoms with van der Waals surface area (Å²) in [6.07, 6.45) is 1.38. The lowest BCUT2D eigenvalue weighted by atomic mass is 10.1. The first kappa shape index (κ1) is 13.5. The van der Waals surface area contributed by atoms with Crippen molar-refractivity contribution >= 4 is 23.2 Å². The van der Waals surface area contributed by atoms with Crippen LogP contribution in [-0.2, 0) is 0 Å². The Morgan fingerprint density at radius 3 is 3.10 bits per heavy atom. The molecule has 1 unspecified atom stereocenters. The molecule has 106 valence electrons. The van der Waals surface area contributed by atoms with Crippen molar-refractivity contribution in [2.45, 2.75) is 13.0 Å². The fourth-order valence-electron chi connectivity index (χ4n) is 2.35. The molecule has 1 atom stereocenters. The zero-order valence-corrected chi connectivity index (χ0v) is 12.0. The molecule has 2 aromatic rings. The van der Waals surface area contributed by atoms with Gasteiger partial charge in [0.1, 0.15) is 17.9 Å². The van der Waals surface area contributed by atoms with E-state index < -0.39 is 0 Å². The monoisotopic (exact) mass is 301 g/mol. The number of halogens is 1. The van der Waals surface area contributed by atoms with Crippen LogP contribution in [0.4, 0.5) is 5.69 Å². The number of aromatic amines is 1. The molecule has 1 N–H and O–H groups in total. The Morgan fingerprint density at radius 1 is 1.57 bits per heavy atom. The number of ether oxygens (including phenoxy) is 1. The van der Waals surface area contributed by atoms with Crippen LogP contribution >= 0.6 is 11.6 Å². The molecular weight excluding hydrogens is 290 g/mol. The first-order valence-electron chi connectivity index (χ1n) is 6.45. The predicted molar refractivity (Wildman–Crippen MR) is 78.7 cm³/mol. The molecule has 0 aliphatic carbocycles. The number of benzene rings is 1. The van der Waals surface area contributed by atoms with Crippen molar-refractivity contribution in [2.24, 2.45) is 0 Å². The number of hydrogen-bond donors (Lipinski definition) is 1. The molecule has 6 heteroatoms. The molecule has 1 aliphatic heterocycles. The number of carbonyl (C=O) groups excluding carboxylic acids is 1. The van der Waals surface area contributed by atoms with Crippen LogP contribution in [0.2, 0.25) is 5.02 Å². The molecule has 5 nitrogen and oxygen atoms in total. The second kappa shape index (κ2) is 5.15. The van der Waals surface area contributed by atoms with Crippen LogP contribution in [0.15, 0.2) is 30.5 Å². The molecule has 0 saturated carbocycles. The van der Waals surface area contributed by atoms with Crippen LogP contribution < -0.4 is 9.64 Å². The molecule has 0 saturated heterocycles. The first-order chi connectivity index (χ1) is 10.1. The van der Waals surface area contributed by atoms with E-state index in [-0.39, 0.29) is 12.0 Å². The van der Waals surface area contributed by atoms with Gasteiger partial charge in [0, 0.05) is 6.20 Å². The number of rotatable bonds is 1. The third kappa shape index (κ3) is 2.34. The van der Waals surface area contributed by atoms with Crippen LogP contribution in [-0.4, -0.2) is 23.5 Å². The summed E-state index contributed by atoms with van der Waals surface area (Å²) in [5, 5.41) is 9.31. The second-order valence-electron chi connectivity index (χ2n) is 4.85. The van der Waals surface area contributed by atoms with Crippen molar-refractivity contribution < 1.29 is 9.53 Å². The third-order valence-corrected chi connectivity index (χ3v) is 3.59. The highest BCUT2D eigenvalue weighted by Crippen LogP contribution is 2.39. The Bertz CT molecular complexity index is 748. The van der Waals surface area contributed by atoms with Crippen LogP contribution in [0, 0.1) is 11.3 Å². The lowest BCUT2D eigenvalue weighted by Crippen LogP contribution is -2.42. The fourth-order valence-corrected chi connectivity index (χ4v) is 2.57. The molecule has 0 fully saturated rings. The summed E-state index contributed by atoms with van der Waals surface area (Å²) in [5.74, 6) is 0.328. The minimum absolute atomic E-state index is 0.157. The molecule has 1 aromatic carbocycles. The van der Waals surface area contributed by atoms with E-state index in [4.69, 9.17) is 21.6 Å². The van der Waals surface area contributed by atoms with E-state index >= 15 is 0 Å². The Hall–Kier alpha value is -2.45. The molecule has 1 amide bonds. The van der Waals surface area contributed by atoms with Gasteiger partial charge < -0.3 is 14.6 Å². The van der Waals surface area contributed by atoms with E-state index in [1.54, 1.807) is 23.1 Å². The SMILES string of the molecule is CC1CN(C(=O)c2c[nH]c(C#N)c2)c2cccc(Cl)c2O1. The molecule has 2 heterocycles. The van der Waals surface area contributed by atoms with Gasteiger partial charge in [-0.25, -0.2) is 0 Å². The van der Waals surface area contributed by atoms with Crippen molar-refractivity contribution in [3.63, 3.8) is 0 Å². The standard InChI is InChI=1S/C15H12ClN3O2/c1-9-8-19(13-4-2-3-12(16)14(13)21-9)15(20)10-5-11(6-17)18-7-10/h2-5,7,9,18H,8H2,1H3. The number of nitrogens with one attached hydrogen (secondary N) is 1. The minimum Gasteiger partial charge on any atom is -0.485 e. The highest BCUT2D eigenvalue weighted by Gasteiger charge is 2.30. The van der Waals surface area contributed by atoms with Gasteiger partial charge in [-0.1, -0.05) is 17.7 Å². The maximum absolute atomic E-state index is 12.6. The Labute approximate surface area is 126 Å². The molecule has 1 aliphatic rings. The number of hydrogen-bond acceptors (Lipinski definition) is 3.